The predicted octanol–water partition coefficient (Wildman–Crippen LogP) is 2.22. The molecule has 2 atom stereocenters. The van der Waals surface area contributed by atoms with Gasteiger partial charge in [0.25, 0.3) is 0 Å². The molecule has 0 bridgehead atoms. The van der Waals surface area contributed by atoms with Crippen LogP contribution in [0.1, 0.15) is 17.2 Å². The van der Waals surface area contributed by atoms with Crippen LogP contribution >= 0.6 is 27.5 Å². The molecule has 5 heteroatoms. The Hall–Kier alpha value is -0.290. The Balaban J connectivity index is 2.98. The summed E-state index contributed by atoms with van der Waals surface area (Å²) in [6.07, 6.45) is -1.76. The number of methoxy groups -OCH3 is 1. The van der Waals surface area contributed by atoms with Gasteiger partial charge in [-0.3, -0.25) is 0 Å². The van der Waals surface area contributed by atoms with E-state index in [4.69, 9.17) is 16.3 Å². The maximum absolute atomic E-state index is 9.81. The topological polar surface area (TPSA) is 49.7 Å². The summed E-state index contributed by atoms with van der Waals surface area (Å²) in [5.74, 6) is 0.980. The average molecular weight is 310 g/mol. The van der Waals surface area contributed by atoms with Gasteiger partial charge in [0.1, 0.15) is 11.9 Å². The van der Waals surface area contributed by atoms with Gasteiger partial charge >= 0.3 is 0 Å². The summed E-state index contributed by atoms with van der Waals surface area (Å²) in [5.41, 5.74) is 1.42. The molecule has 0 saturated heterocycles. The summed E-state index contributed by atoms with van der Waals surface area (Å²) in [7, 11) is 1.56. The fourth-order valence-corrected chi connectivity index (χ4v) is 1.96. The highest BCUT2D eigenvalue weighted by molar-refractivity contribution is 9.09. The minimum Gasteiger partial charge on any atom is -0.496 e. The SMILES string of the molecule is COc1ccc(C(O)C(O)CBr)cc1CCl. The molecule has 0 heterocycles. The molecule has 0 aliphatic heterocycles. The normalized spacial score (nSPS) is 14.6. The lowest BCUT2D eigenvalue weighted by molar-refractivity contribution is 0.0342. The van der Waals surface area contributed by atoms with Crippen molar-refractivity contribution in [3.05, 3.63) is 29.3 Å². The third-order valence-corrected chi connectivity index (χ3v) is 3.26. The van der Waals surface area contributed by atoms with E-state index in [2.05, 4.69) is 15.9 Å². The molecule has 0 spiro atoms. The van der Waals surface area contributed by atoms with Crippen LogP contribution in [-0.4, -0.2) is 28.8 Å². The smallest absolute Gasteiger partial charge is 0.123 e. The predicted molar refractivity (Wildman–Crippen MR) is 67.3 cm³/mol. The minimum atomic E-state index is -0.924. The maximum atomic E-state index is 9.81. The molecule has 2 unspecified atom stereocenters. The zero-order valence-corrected chi connectivity index (χ0v) is 11.2. The molecular formula is C11H14BrClO3. The van der Waals surface area contributed by atoms with Gasteiger partial charge in [-0.15, -0.1) is 11.6 Å². The number of rotatable bonds is 5. The number of ether oxygens (including phenoxy) is 1. The van der Waals surface area contributed by atoms with Crippen molar-refractivity contribution in [2.45, 2.75) is 18.1 Å². The number of aliphatic hydroxyl groups is 2. The number of halogens is 2. The molecule has 0 fully saturated rings. The summed E-state index contributed by atoms with van der Waals surface area (Å²) in [4.78, 5) is 0. The highest BCUT2D eigenvalue weighted by atomic mass is 79.9. The first-order valence-corrected chi connectivity index (χ1v) is 6.44. The molecule has 1 aromatic rings. The number of hydrogen-bond donors (Lipinski definition) is 2. The van der Waals surface area contributed by atoms with Crippen LogP contribution in [0.3, 0.4) is 0 Å². The van der Waals surface area contributed by atoms with Crippen molar-refractivity contribution in [1.29, 1.82) is 0 Å². The van der Waals surface area contributed by atoms with Gasteiger partial charge in [0, 0.05) is 10.9 Å². The van der Waals surface area contributed by atoms with Gasteiger partial charge in [-0.25, -0.2) is 0 Å². The van der Waals surface area contributed by atoms with Crippen molar-refractivity contribution in [3.8, 4) is 5.75 Å². The third kappa shape index (κ3) is 3.10. The monoisotopic (exact) mass is 308 g/mol. The molecule has 16 heavy (non-hydrogen) atoms. The quantitative estimate of drug-likeness (QED) is 0.820. The van der Waals surface area contributed by atoms with Gasteiger partial charge in [-0.2, -0.15) is 0 Å². The Bertz CT molecular complexity index is 346. The van der Waals surface area contributed by atoms with E-state index in [-0.39, 0.29) is 0 Å². The van der Waals surface area contributed by atoms with E-state index in [0.29, 0.717) is 22.5 Å². The van der Waals surface area contributed by atoms with Crippen LogP contribution in [0.2, 0.25) is 0 Å². The standard InChI is InChI=1S/C11H14BrClO3/c1-16-10-3-2-7(4-8(10)6-13)11(15)9(14)5-12/h2-4,9,11,14-15H,5-6H2,1H3. The minimum absolute atomic E-state index is 0.300. The summed E-state index contributed by atoms with van der Waals surface area (Å²) < 4.78 is 5.12. The molecule has 0 aliphatic rings. The zero-order valence-electron chi connectivity index (χ0n) is 8.86. The van der Waals surface area contributed by atoms with Gasteiger partial charge in [0.15, 0.2) is 0 Å². The van der Waals surface area contributed by atoms with E-state index in [1.54, 1.807) is 25.3 Å². The van der Waals surface area contributed by atoms with Crippen LogP contribution in [0.5, 0.6) is 5.75 Å². The fourth-order valence-electron chi connectivity index (χ4n) is 1.39. The molecule has 2 N–H and O–H groups in total. The molecule has 1 rings (SSSR count). The molecule has 90 valence electrons. The fraction of sp³-hybridized carbons (Fsp3) is 0.455. The van der Waals surface area contributed by atoms with Crippen LogP contribution in [0.15, 0.2) is 18.2 Å². The van der Waals surface area contributed by atoms with E-state index in [9.17, 15) is 10.2 Å². The van der Waals surface area contributed by atoms with Crippen molar-refractivity contribution in [1.82, 2.24) is 0 Å². The van der Waals surface area contributed by atoms with Gasteiger partial charge < -0.3 is 14.9 Å². The Morgan fingerprint density at radius 1 is 1.44 bits per heavy atom. The van der Waals surface area contributed by atoms with E-state index in [1.807, 2.05) is 0 Å². The first-order valence-electron chi connectivity index (χ1n) is 4.79. The van der Waals surface area contributed by atoms with Crippen molar-refractivity contribution >= 4 is 27.5 Å². The number of benzene rings is 1. The highest BCUT2D eigenvalue weighted by Crippen LogP contribution is 2.26. The van der Waals surface area contributed by atoms with Crippen molar-refractivity contribution in [3.63, 3.8) is 0 Å². The molecule has 0 radical (unpaired) electrons. The number of hydrogen-bond acceptors (Lipinski definition) is 3. The Kier molecular flexibility index (Phi) is 5.55. The average Bonchev–Trinajstić information content (AvgIpc) is 2.35. The van der Waals surface area contributed by atoms with Crippen LogP contribution in [0.4, 0.5) is 0 Å². The first kappa shape index (κ1) is 13.8. The third-order valence-electron chi connectivity index (χ3n) is 2.31. The first-order chi connectivity index (χ1) is 7.63. The Morgan fingerprint density at radius 2 is 2.12 bits per heavy atom. The lowest BCUT2D eigenvalue weighted by Crippen LogP contribution is -2.19. The van der Waals surface area contributed by atoms with Crippen LogP contribution in [-0.2, 0) is 5.88 Å². The van der Waals surface area contributed by atoms with Crippen LogP contribution < -0.4 is 4.74 Å². The molecule has 0 saturated carbocycles. The number of alkyl halides is 2. The van der Waals surface area contributed by atoms with E-state index >= 15 is 0 Å². The Labute approximate surface area is 108 Å². The van der Waals surface area contributed by atoms with E-state index in [0.717, 1.165) is 5.56 Å². The van der Waals surface area contributed by atoms with Gasteiger partial charge in [-0.05, 0) is 17.7 Å². The molecule has 1 aromatic carbocycles. The lowest BCUT2D eigenvalue weighted by Gasteiger charge is -2.17. The van der Waals surface area contributed by atoms with Gasteiger partial charge in [0.2, 0.25) is 0 Å². The van der Waals surface area contributed by atoms with Gasteiger partial charge in [-0.1, -0.05) is 22.0 Å². The second-order valence-electron chi connectivity index (χ2n) is 3.37. The van der Waals surface area contributed by atoms with Crippen LogP contribution in [0, 0.1) is 0 Å². The molecule has 0 aromatic heterocycles. The molecule has 0 aliphatic carbocycles. The molecule has 3 nitrogen and oxygen atoms in total. The lowest BCUT2D eigenvalue weighted by atomic mass is 10.0. The molecular weight excluding hydrogens is 295 g/mol. The molecule has 0 amide bonds. The van der Waals surface area contributed by atoms with E-state index < -0.39 is 12.2 Å². The van der Waals surface area contributed by atoms with Crippen LogP contribution in [0.25, 0.3) is 0 Å². The van der Waals surface area contributed by atoms with Crippen molar-refractivity contribution < 1.29 is 14.9 Å². The van der Waals surface area contributed by atoms with E-state index in [1.165, 1.54) is 0 Å². The van der Waals surface area contributed by atoms with Crippen molar-refractivity contribution in [2.24, 2.45) is 0 Å². The largest absolute Gasteiger partial charge is 0.496 e. The highest BCUT2D eigenvalue weighted by Gasteiger charge is 2.18. The number of aliphatic hydroxyl groups excluding tert-OH is 2. The second-order valence-corrected chi connectivity index (χ2v) is 4.29. The van der Waals surface area contributed by atoms with Crippen molar-refractivity contribution in [2.75, 3.05) is 12.4 Å². The summed E-state index contributed by atoms with van der Waals surface area (Å²) in [6, 6.07) is 5.19. The summed E-state index contributed by atoms with van der Waals surface area (Å²) in [6.45, 7) is 0. The summed E-state index contributed by atoms with van der Waals surface area (Å²) >= 11 is 8.88. The summed E-state index contributed by atoms with van der Waals surface area (Å²) in [5, 5.41) is 19.6. The zero-order chi connectivity index (χ0) is 12.1. The Morgan fingerprint density at radius 3 is 2.62 bits per heavy atom. The second kappa shape index (κ2) is 6.45. The maximum Gasteiger partial charge on any atom is 0.123 e. The van der Waals surface area contributed by atoms with Gasteiger partial charge in [0.05, 0.1) is 19.1 Å².